The van der Waals surface area contributed by atoms with Gasteiger partial charge in [-0.05, 0) is 38.8 Å². The molecule has 0 N–H and O–H groups in total. The van der Waals surface area contributed by atoms with E-state index in [9.17, 15) is 5.26 Å². The second kappa shape index (κ2) is 4.75. The molecular weight excluding hydrogens is 250 g/mol. The molecule has 4 heteroatoms. The molecule has 2 aliphatic rings. The number of nitrogens with zero attached hydrogens (tertiary/aromatic N) is 3. The number of rotatable bonds is 1. The Labute approximate surface area is 120 Å². The van der Waals surface area contributed by atoms with Crippen molar-refractivity contribution in [2.24, 2.45) is 0 Å². The van der Waals surface area contributed by atoms with E-state index in [1.54, 1.807) is 6.20 Å². The van der Waals surface area contributed by atoms with Crippen LogP contribution in [0.1, 0.15) is 45.1 Å². The molecule has 4 nitrogen and oxygen atoms in total. The number of aromatic nitrogens is 1. The first-order valence-electron chi connectivity index (χ1n) is 7.34. The molecule has 0 unspecified atom stereocenters. The van der Waals surface area contributed by atoms with Crippen LogP contribution in [0.3, 0.4) is 0 Å². The molecular formula is C16H21N3O. The van der Waals surface area contributed by atoms with Gasteiger partial charge >= 0.3 is 0 Å². The lowest BCUT2D eigenvalue weighted by Crippen LogP contribution is -2.59. The lowest BCUT2D eigenvalue weighted by atomic mass is 9.94. The highest BCUT2D eigenvalue weighted by Crippen LogP contribution is 2.41. The minimum absolute atomic E-state index is 0.0496. The van der Waals surface area contributed by atoms with Crippen LogP contribution in [0.25, 0.3) is 0 Å². The molecule has 0 atom stereocenters. The first kappa shape index (κ1) is 13.4. The van der Waals surface area contributed by atoms with E-state index < -0.39 is 0 Å². The van der Waals surface area contributed by atoms with E-state index >= 15 is 0 Å². The lowest BCUT2D eigenvalue weighted by molar-refractivity contribution is -0.148. The van der Waals surface area contributed by atoms with Crippen LogP contribution in [0, 0.1) is 11.3 Å². The lowest BCUT2D eigenvalue weighted by Gasteiger charge is -2.49. The zero-order valence-corrected chi connectivity index (χ0v) is 12.2. The predicted molar refractivity (Wildman–Crippen MR) is 77.5 cm³/mol. The zero-order chi connectivity index (χ0) is 14.2. The monoisotopic (exact) mass is 271 g/mol. The predicted octanol–water partition coefficient (Wildman–Crippen LogP) is 2.88. The van der Waals surface area contributed by atoms with Gasteiger partial charge in [0.1, 0.15) is 11.9 Å². The van der Waals surface area contributed by atoms with Gasteiger partial charge in [-0.25, -0.2) is 4.98 Å². The van der Waals surface area contributed by atoms with Gasteiger partial charge in [0.2, 0.25) is 0 Å². The molecule has 0 radical (unpaired) electrons. The summed E-state index contributed by atoms with van der Waals surface area (Å²) in [4.78, 5) is 6.68. The molecule has 1 spiro atoms. The summed E-state index contributed by atoms with van der Waals surface area (Å²) in [7, 11) is 0. The maximum atomic E-state index is 9.29. The molecule has 0 bridgehead atoms. The summed E-state index contributed by atoms with van der Waals surface area (Å²) in [5.41, 5.74) is 0.400. The molecule has 3 rings (SSSR count). The Bertz CT molecular complexity index is 541. The van der Waals surface area contributed by atoms with E-state index in [1.165, 1.54) is 12.8 Å². The van der Waals surface area contributed by atoms with E-state index in [1.807, 2.05) is 12.1 Å². The molecule has 1 aliphatic heterocycles. The molecule has 1 saturated heterocycles. The molecule has 2 fully saturated rings. The SMILES string of the molecule is CC1(C)CN(c2ncccc2C#N)CC2(CCCC2)O1. The number of hydrogen-bond donors (Lipinski definition) is 0. The summed E-state index contributed by atoms with van der Waals surface area (Å²) in [5.74, 6) is 0.803. The third-order valence-electron chi connectivity index (χ3n) is 4.26. The minimum atomic E-state index is -0.202. The van der Waals surface area contributed by atoms with Crippen LogP contribution in [-0.4, -0.2) is 29.3 Å². The van der Waals surface area contributed by atoms with Gasteiger partial charge in [0.15, 0.2) is 0 Å². The topological polar surface area (TPSA) is 49.2 Å². The van der Waals surface area contributed by atoms with Crippen LogP contribution in [0.2, 0.25) is 0 Å². The average molecular weight is 271 g/mol. The number of ether oxygens (including phenoxy) is 1. The molecule has 1 aromatic heterocycles. The van der Waals surface area contributed by atoms with Crippen molar-refractivity contribution in [2.45, 2.75) is 50.7 Å². The fourth-order valence-electron chi connectivity index (χ4n) is 3.68. The largest absolute Gasteiger partial charge is 0.365 e. The van der Waals surface area contributed by atoms with Crippen LogP contribution < -0.4 is 4.90 Å². The standard InChI is InChI=1S/C16H21N3O/c1-15(2)11-19(12-16(20-15)7-3-4-8-16)14-13(10-17)6-5-9-18-14/h5-6,9H,3-4,7-8,11-12H2,1-2H3. The average Bonchev–Trinajstić information content (AvgIpc) is 2.84. The Balaban J connectivity index is 1.95. The highest BCUT2D eigenvalue weighted by Gasteiger charge is 2.46. The number of anilines is 1. The van der Waals surface area contributed by atoms with Crippen molar-refractivity contribution >= 4 is 5.82 Å². The summed E-state index contributed by atoms with van der Waals surface area (Å²) >= 11 is 0. The molecule has 1 aromatic rings. The fourth-order valence-corrected chi connectivity index (χ4v) is 3.68. The number of morpholine rings is 1. The van der Waals surface area contributed by atoms with E-state index in [0.717, 1.165) is 31.7 Å². The quantitative estimate of drug-likeness (QED) is 0.788. The smallest absolute Gasteiger partial charge is 0.146 e. The Morgan fingerprint density at radius 2 is 2.05 bits per heavy atom. The number of hydrogen-bond acceptors (Lipinski definition) is 4. The maximum Gasteiger partial charge on any atom is 0.146 e. The van der Waals surface area contributed by atoms with Crippen LogP contribution >= 0.6 is 0 Å². The third-order valence-corrected chi connectivity index (χ3v) is 4.26. The van der Waals surface area contributed by atoms with Crippen molar-refractivity contribution in [3.05, 3.63) is 23.9 Å². The third kappa shape index (κ3) is 2.38. The first-order chi connectivity index (χ1) is 9.54. The van der Waals surface area contributed by atoms with Crippen molar-refractivity contribution in [3.8, 4) is 6.07 Å². The van der Waals surface area contributed by atoms with E-state index in [4.69, 9.17) is 4.74 Å². The van der Waals surface area contributed by atoms with Crippen molar-refractivity contribution in [3.63, 3.8) is 0 Å². The molecule has 0 amide bonds. The first-order valence-corrected chi connectivity index (χ1v) is 7.34. The van der Waals surface area contributed by atoms with Crippen molar-refractivity contribution in [2.75, 3.05) is 18.0 Å². The normalized spacial score (nSPS) is 23.8. The second-order valence-electron chi connectivity index (χ2n) is 6.59. The zero-order valence-electron chi connectivity index (χ0n) is 12.2. The maximum absolute atomic E-state index is 9.29. The second-order valence-corrected chi connectivity index (χ2v) is 6.59. The molecule has 2 heterocycles. The van der Waals surface area contributed by atoms with Gasteiger partial charge in [-0.2, -0.15) is 5.26 Å². The van der Waals surface area contributed by atoms with Gasteiger partial charge in [0.05, 0.1) is 16.8 Å². The van der Waals surface area contributed by atoms with Gasteiger partial charge in [-0.1, -0.05) is 12.8 Å². The number of pyridine rings is 1. The van der Waals surface area contributed by atoms with Crippen molar-refractivity contribution in [1.82, 2.24) is 4.98 Å². The number of nitriles is 1. The minimum Gasteiger partial charge on any atom is -0.365 e. The summed E-state index contributed by atoms with van der Waals surface area (Å²) < 4.78 is 6.40. The molecule has 0 aromatic carbocycles. The summed E-state index contributed by atoms with van der Waals surface area (Å²) in [6, 6.07) is 5.91. The summed E-state index contributed by atoms with van der Waals surface area (Å²) in [6.07, 6.45) is 6.46. The van der Waals surface area contributed by atoms with Crippen molar-refractivity contribution < 1.29 is 4.74 Å². The van der Waals surface area contributed by atoms with Gasteiger partial charge in [0, 0.05) is 19.3 Å². The summed E-state index contributed by atoms with van der Waals surface area (Å²) in [6.45, 7) is 5.89. The highest BCUT2D eigenvalue weighted by atomic mass is 16.5. The Morgan fingerprint density at radius 1 is 1.30 bits per heavy atom. The summed E-state index contributed by atoms with van der Waals surface area (Å²) in [5, 5.41) is 9.29. The van der Waals surface area contributed by atoms with Crippen LogP contribution in [0.15, 0.2) is 18.3 Å². The Kier molecular flexibility index (Phi) is 3.18. The highest BCUT2D eigenvalue weighted by molar-refractivity contribution is 5.54. The fraction of sp³-hybridized carbons (Fsp3) is 0.625. The van der Waals surface area contributed by atoms with Crippen LogP contribution in [-0.2, 0) is 4.74 Å². The molecule has 106 valence electrons. The molecule has 1 saturated carbocycles. The Morgan fingerprint density at radius 3 is 2.75 bits per heavy atom. The van der Waals surface area contributed by atoms with E-state index in [2.05, 4.69) is 29.8 Å². The molecule has 20 heavy (non-hydrogen) atoms. The van der Waals surface area contributed by atoms with Crippen molar-refractivity contribution in [1.29, 1.82) is 5.26 Å². The van der Waals surface area contributed by atoms with Crippen LogP contribution in [0.4, 0.5) is 5.82 Å². The Hall–Kier alpha value is -1.60. The molecule has 1 aliphatic carbocycles. The van der Waals surface area contributed by atoms with Crippen LogP contribution in [0.5, 0.6) is 0 Å². The van der Waals surface area contributed by atoms with Gasteiger partial charge in [0.25, 0.3) is 0 Å². The van der Waals surface area contributed by atoms with Gasteiger partial charge in [-0.15, -0.1) is 0 Å². The van der Waals surface area contributed by atoms with E-state index in [0.29, 0.717) is 5.56 Å². The van der Waals surface area contributed by atoms with Gasteiger partial charge < -0.3 is 9.64 Å². The van der Waals surface area contributed by atoms with E-state index in [-0.39, 0.29) is 11.2 Å². The van der Waals surface area contributed by atoms with Gasteiger partial charge in [-0.3, -0.25) is 0 Å².